The number of benzene rings is 1. The molecule has 23 heavy (non-hydrogen) atoms. The molecule has 3 nitrogen and oxygen atoms in total. The zero-order valence-electron chi connectivity index (χ0n) is 15.0. The molecule has 0 aromatic heterocycles. The third kappa shape index (κ3) is 4.04. The molecule has 0 radical (unpaired) electrons. The van der Waals surface area contributed by atoms with Gasteiger partial charge in [0.15, 0.2) is 0 Å². The molecule has 1 aromatic rings. The van der Waals surface area contributed by atoms with Gasteiger partial charge < -0.3 is 9.64 Å². The second-order valence-corrected chi connectivity index (χ2v) is 7.31. The average Bonchev–Trinajstić information content (AvgIpc) is 2.45. The van der Waals surface area contributed by atoms with E-state index in [9.17, 15) is 4.79 Å². The van der Waals surface area contributed by atoms with Crippen molar-refractivity contribution in [3.63, 3.8) is 0 Å². The smallest absolute Gasteiger partial charge is 0.232 e. The first kappa shape index (κ1) is 17.3. The molecule has 1 aliphatic rings. The molecular formula is C20H27NO2. The Hall–Kier alpha value is -2.03. The minimum Gasteiger partial charge on any atom is -0.490 e. The zero-order valence-corrected chi connectivity index (χ0v) is 15.0. The lowest BCUT2D eigenvalue weighted by atomic mass is 9.93. The molecule has 0 aliphatic carbocycles. The van der Waals surface area contributed by atoms with Gasteiger partial charge in [0.2, 0.25) is 5.91 Å². The lowest BCUT2D eigenvalue weighted by Crippen LogP contribution is -2.39. The first-order chi connectivity index (χ1) is 10.7. The van der Waals surface area contributed by atoms with Gasteiger partial charge in [-0.2, -0.15) is 0 Å². The maximum atomic E-state index is 12.8. The number of aryl methyl sites for hydroxylation is 1. The van der Waals surface area contributed by atoms with Crippen molar-refractivity contribution in [1.29, 1.82) is 0 Å². The summed E-state index contributed by atoms with van der Waals surface area (Å²) in [7, 11) is 0. The summed E-state index contributed by atoms with van der Waals surface area (Å²) in [6, 6.07) is 6.14. The second kappa shape index (κ2) is 6.61. The second-order valence-electron chi connectivity index (χ2n) is 7.31. The van der Waals surface area contributed by atoms with Gasteiger partial charge in [0, 0.05) is 17.5 Å². The fourth-order valence-electron chi connectivity index (χ4n) is 2.54. The van der Waals surface area contributed by atoms with Crippen LogP contribution in [0.4, 0.5) is 0 Å². The summed E-state index contributed by atoms with van der Waals surface area (Å²) in [5.74, 6) is 0.942. The molecule has 0 saturated heterocycles. The largest absolute Gasteiger partial charge is 0.490 e. The van der Waals surface area contributed by atoms with Crippen LogP contribution >= 0.6 is 0 Å². The van der Waals surface area contributed by atoms with E-state index in [1.807, 2.05) is 76.8 Å². The number of carbonyl (C=O) groups is 1. The van der Waals surface area contributed by atoms with Gasteiger partial charge in [-0.25, -0.2) is 0 Å². The predicted molar refractivity (Wildman–Crippen MR) is 95.2 cm³/mol. The molecule has 0 fully saturated rings. The van der Waals surface area contributed by atoms with Gasteiger partial charge in [0.1, 0.15) is 5.75 Å². The summed E-state index contributed by atoms with van der Waals surface area (Å²) >= 11 is 0. The van der Waals surface area contributed by atoms with Gasteiger partial charge in [0.25, 0.3) is 0 Å². The zero-order chi connectivity index (χ0) is 17.2. The van der Waals surface area contributed by atoms with E-state index < -0.39 is 5.41 Å². The molecule has 1 heterocycles. The Morgan fingerprint density at radius 2 is 1.96 bits per heavy atom. The van der Waals surface area contributed by atoms with E-state index in [1.165, 1.54) is 0 Å². The highest BCUT2D eigenvalue weighted by Crippen LogP contribution is 2.34. The van der Waals surface area contributed by atoms with Gasteiger partial charge in [-0.3, -0.25) is 4.79 Å². The molecule has 0 saturated carbocycles. The van der Waals surface area contributed by atoms with E-state index in [1.54, 1.807) is 0 Å². The quantitative estimate of drug-likeness (QED) is 0.818. The summed E-state index contributed by atoms with van der Waals surface area (Å²) in [5, 5.41) is 0. The van der Waals surface area contributed by atoms with E-state index in [4.69, 9.17) is 4.74 Å². The first-order valence-corrected chi connectivity index (χ1v) is 8.16. The van der Waals surface area contributed by atoms with Gasteiger partial charge in [0.05, 0.1) is 11.8 Å². The van der Waals surface area contributed by atoms with Crippen molar-refractivity contribution in [1.82, 2.24) is 4.90 Å². The number of hydrogen-bond acceptors (Lipinski definition) is 2. The van der Waals surface area contributed by atoms with Crippen molar-refractivity contribution < 1.29 is 9.53 Å². The number of rotatable bonds is 3. The van der Waals surface area contributed by atoms with Crippen LogP contribution in [0.1, 0.15) is 45.7 Å². The fraction of sp³-hybridized carbons (Fsp3) is 0.450. The van der Waals surface area contributed by atoms with Gasteiger partial charge in [-0.15, -0.1) is 0 Å². The maximum absolute atomic E-state index is 12.8. The molecule has 0 atom stereocenters. The Kier molecular flexibility index (Phi) is 4.98. The van der Waals surface area contributed by atoms with Crippen molar-refractivity contribution in [2.75, 3.05) is 6.54 Å². The van der Waals surface area contributed by atoms with E-state index in [2.05, 4.69) is 6.07 Å². The van der Waals surface area contributed by atoms with Crippen LogP contribution in [0.5, 0.6) is 5.75 Å². The number of allylic oxidation sites excluding steroid dienone is 2. The topological polar surface area (TPSA) is 29.5 Å². The highest BCUT2D eigenvalue weighted by Gasteiger charge is 2.31. The average molecular weight is 313 g/mol. The van der Waals surface area contributed by atoms with Crippen LogP contribution in [0.25, 0.3) is 5.70 Å². The number of hydrogen-bond donors (Lipinski definition) is 0. The highest BCUT2D eigenvalue weighted by atomic mass is 16.5. The molecule has 0 spiro atoms. The van der Waals surface area contributed by atoms with Crippen molar-refractivity contribution in [3.8, 4) is 5.75 Å². The molecule has 0 N–H and O–H groups in total. The van der Waals surface area contributed by atoms with Crippen LogP contribution in [0.2, 0.25) is 0 Å². The maximum Gasteiger partial charge on any atom is 0.232 e. The fourth-order valence-corrected chi connectivity index (χ4v) is 2.54. The third-order valence-corrected chi connectivity index (χ3v) is 3.63. The number of ether oxygens (including phenoxy) is 1. The Bertz CT molecular complexity index is 648. The summed E-state index contributed by atoms with van der Waals surface area (Å²) in [6.07, 6.45) is 6.08. The summed E-state index contributed by atoms with van der Waals surface area (Å²) in [4.78, 5) is 14.7. The van der Waals surface area contributed by atoms with Gasteiger partial charge >= 0.3 is 0 Å². The van der Waals surface area contributed by atoms with Crippen LogP contribution in [0.3, 0.4) is 0 Å². The summed E-state index contributed by atoms with van der Waals surface area (Å²) in [5.41, 5.74) is 2.59. The molecule has 0 bridgehead atoms. The number of carbonyl (C=O) groups excluding carboxylic acids is 1. The van der Waals surface area contributed by atoms with Gasteiger partial charge in [-0.1, -0.05) is 39.0 Å². The first-order valence-electron chi connectivity index (χ1n) is 8.16. The van der Waals surface area contributed by atoms with E-state index in [0.29, 0.717) is 6.54 Å². The minimum absolute atomic E-state index is 0.0852. The number of nitrogens with zero attached hydrogens (tertiary/aromatic N) is 1. The van der Waals surface area contributed by atoms with Crippen molar-refractivity contribution in [2.45, 2.75) is 47.6 Å². The molecule has 0 unspecified atom stereocenters. The SMILES string of the molecule is Cc1ccc(C2=CC=CCN2C(=O)C(C)(C)C)c(OC(C)C)c1. The van der Waals surface area contributed by atoms with Crippen LogP contribution in [0.15, 0.2) is 36.4 Å². The van der Waals surface area contributed by atoms with Crippen LogP contribution in [-0.2, 0) is 4.79 Å². The molecule has 1 aromatic carbocycles. The third-order valence-electron chi connectivity index (χ3n) is 3.63. The Morgan fingerprint density at radius 3 is 2.57 bits per heavy atom. The highest BCUT2D eigenvalue weighted by molar-refractivity contribution is 5.92. The monoisotopic (exact) mass is 313 g/mol. The Balaban J connectivity index is 2.48. The Labute approximate surface area is 139 Å². The van der Waals surface area contributed by atoms with E-state index >= 15 is 0 Å². The lowest BCUT2D eigenvalue weighted by Gasteiger charge is -2.33. The summed E-state index contributed by atoms with van der Waals surface area (Å²) < 4.78 is 5.99. The van der Waals surface area contributed by atoms with Crippen LogP contribution in [-0.4, -0.2) is 23.5 Å². The van der Waals surface area contributed by atoms with Crippen molar-refractivity contribution in [2.24, 2.45) is 5.41 Å². The minimum atomic E-state index is -0.423. The predicted octanol–water partition coefficient (Wildman–Crippen LogP) is 4.57. The van der Waals surface area contributed by atoms with Crippen molar-refractivity contribution >= 4 is 11.6 Å². The molecule has 124 valence electrons. The molecular weight excluding hydrogens is 286 g/mol. The van der Waals surface area contributed by atoms with E-state index in [-0.39, 0.29) is 12.0 Å². The van der Waals surface area contributed by atoms with Gasteiger partial charge in [-0.05, 0) is 44.5 Å². The molecule has 3 heteroatoms. The molecule has 2 rings (SSSR count). The molecule has 1 amide bonds. The standard InChI is InChI=1S/C20H27NO2/c1-14(2)23-18-13-15(3)10-11-16(18)17-9-7-8-12-21(17)19(22)20(4,5)6/h7-11,13-14H,12H2,1-6H3. The van der Waals surface area contributed by atoms with Crippen LogP contribution < -0.4 is 4.74 Å². The summed E-state index contributed by atoms with van der Waals surface area (Å²) in [6.45, 7) is 12.5. The lowest BCUT2D eigenvalue weighted by molar-refractivity contribution is -0.135. The molecule has 1 aliphatic heterocycles. The Morgan fingerprint density at radius 1 is 1.26 bits per heavy atom. The van der Waals surface area contributed by atoms with E-state index in [0.717, 1.165) is 22.6 Å². The normalized spacial score (nSPS) is 14.9. The van der Waals surface area contributed by atoms with Crippen LogP contribution in [0, 0.1) is 12.3 Å². The van der Waals surface area contributed by atoms with Crippen molar-refractivity contribution in [3.05, 3.63) is 47.6 Å². The number of amides is 1.